The number of nitrogen functional groups attached to an aromatic ring is 1. The first kappa shape index (κ1) is 11.8. The topological polar surface area (TPSA) is 64.7 Å². The number of nitrogens with zero attached hydrogens (tertiary/aromatic N) is 3. The largest absolute Gasteiger partial charge is 0.384 e. The SMILES string of the molecule is Cc1csc(-c2nc(N)cc(-c3ccccc3)n2)n1. The van der Waals surface area contributed by atoms with E-state index in [1.165, 1.54) is 11.3 Å². The Morgan fingerprint density at radius 3 is 2.53 bits per heavy atom. The van der Waals surface area contributed by atoms with Gasteiger partial charge in [0.1, 0.15) is 5.82 Å². The summed E-state index contributed by atoms with van der Waals surface area (Å²) in [7, 11) is 0. The van der Waals surface area contributed by atoms with E-state index in [1.54, 1.807) is 6.07 Å². The highest BCUT2D eigenvalue weighted by atomic mass is 32.1. The van der Waals surface area contributed by atoms with Crippen LogP contribution in [-0.2, 0) is 0 Å². The molecule has 0 radical (unpaired) electrons. The molecule has 3 aromatic rings. The molecule has 2 heterocycles. The van der Waals surface area contributed by atoms with Crippen LogP contribution in [0, 0.1) is 6.92 Å². The maximum absolute atomic E-state index is 5.87. The van der Waals surface area contributed by atoms with Gasteiger partial charge >= 0.3 is 0 Å². The maximum Gasteiger partial charge on any atom is 0.191 e. The molecule has 0 spiro atoms. The zero-order valence-corrected chi connectivity index (χ0v) is 11.2. The van der Waals surface area contributed by atoms with Crippen LogP contribution < -0.4 is 5.73 Å². The van der Waals surface area contributed by atoms with Crippen LogP contribution in [0.1, 0.15) is 5.69 Å². The first-order valence-electron chi connectivity index (χ1n) is 5.85. The van der Waals surface area contributed by atoms with Crippen molar-refractivity contribution in [2.24, 2.45) is 0 Å². The molecule has 4 nitrogen and oxygen atoms in total. The molecule has 0 saturated heterocycles. The minimum Gasteiger partial charge on any atom is -0.384 e. The van der Waals surface area contributed by atoms with Crippen LogP contribution in [0.15, 0.2) is 41.8 Å². The van der Waals surface area contributed by atoms with Crippen molar-refractivity contribution in [1.82, 2.24) is 15.0 Å². The molecule has 0 unspecified atom stereocenters. The highest BCUT2D eigenvalue weighted by Crippen LogP contribution is 2.25. The Morgan fingerprint density at radius 2 is 1.84 bits per heavy atom. The quantitative estimate of drug-likeness (QED) is 0.775. The highest BCUT2D eigenvalue weighted by Gasteiger charge is 2.09. The van der Waals surface area contributed by atoms with E-state index in [9.17, 15) is 0 Å². The number of nitrogens with two attached hydrogens (primary N) is 1. The van der Waals surface area contributed by atoms with E-state index in [0.717, 1.165) is 22.0 Å². The van der Waals surface area contributed by atoms with Crippen LogP contribution in [0.2, 0.25) is 0 Å². The molecule has 0 bridgehead atoms. The third-order valence-corrected chi connectivity index (χ3v) is 3.58. The fourth-order valence-electron chi connectivity index (χ4n) is 1.78. The molecule has 94 valence electrons. The molecular formula is C14H12N4S. The summed E-state index contributed by atoms with van der Waals surface area (Å²) in [4.78, 5) is 13.2. The Bertz CT molecular complexity index is 706. The van der Waals surface area contributed by atoms with E-state index >= 15 is 0 Å². The van der Waals surface area contributed by atoms with Crippen LogP contribution in [0.5, 0.6) is 0 Å². The Balaban J connectivity index is 2.11. The van der Waals surface area contributed by atoms with Crippen molar-refractivity contribution < 1.29 is 0 Å². The number of aryl methyl sites for hydroxylation is 1. The van der Waals surface area contributed by atoms with Gasteiger partial charge in [-0.2, -0.15) is 0 Å². The zero-order valence-electron chi connectivity index (χ0n) is 10.4. The van der Waals surface area contributed by atoms with Crippen molar-refractivity contribution in [2.75, 3.05) is 5.73 Å². The van der Waals surface area contributed by atoms with Crippen molar-refractivity contribution in [3.63, 3.8) is 0 Å². The molecule has 0 aliphatic carbocycles. The number of anilines is 1. The van der Waals surface area contributed by atoms with Gasteiger partial charge in [0.05, 0.1) is 5.69 Å². The zero-order chi connectivity index (χ0) is 13.2. The lowest BCUT2D eigenvalue weighted by Gasteiger charge is -2.04. The average Bonchev–Trinajstić information content (AvgIpc) is 2.86. The van der Waals surface area contributed by atoms with Crippen molar-refractivity contribution in [3.05, 3.63) is 47.5 Å². The van der Waals surface area contributed by atoms with Crippen LogP contribution in [0.3, 0.4) is 0 Å². The first-order chi connectivity index (χ1) is 9.22. The van der Waals surface area contributed by atoms with E-state index < -0.39 is 0 Å². The van der Waals surface area contributed by atoms with E-state index in [4.69, 9.17) is 5.73 Å². The molecule has 0 fully saturated rings. The van der Waals surface area contributed by atoms with Crippen LogP contribution in [0.25, 0.3) is 22.1 Å². The summed E-state index contributed by atoms with van der Waals surface area (Å²) in [5, 5.41) is 2.77. The summed E-state index contributed by atoms with van der Waals surface area (Å²) in [6.45, 7) is 1.95. The Morgan fingerprint density at radius 1 is 1.05 bits per heavy atom. The fraction of sp³-hybridized carbons (Fsp3) is 0.0714. The molecule has 19 heavy (non-hydrogen) atoms. The van der Waals surface area contributed by atoms with Gasteiger partial charge in [0.15, 0.2) is 10.8 Å². The van der Waals surface area contributed by atoms with E-state index in [-0.39, 0.29) is 0 Å². The monoisotopic (exact) mass is 268 g/mol. The average molecular weight is 268 g/mol. The number of hydrogen-bond donors (Lipinski definition) is 1. The summed E-state index contributed by atoms with van der Waals surface area (Å²) >= 11 is 1.52. The lowest BCUT2D eigenvalue weighted by Crippen LogP contribution is -1.97. The summed E-state index contributed by atoms with van der Waals surface area (Å²) in [5.74, 6) is 1.04. The molecular weight excluding hydrogens is 256 g/mol. The van der Waals surface area contributed by atoms with E-state index in [0.29, 0.717) is 11.6 Å². The Hall–Kier alpha value is -2.27. The van der Waals surface area contributed by atoms with Gasteiger partial charge in [-0.3, -0.25) is 0 Å². The van der Waals surface area contributed by atoms with E-state index in [2.05, 4.69) is 15.0 Å². The number of benzene rings is 1. The molecule has 0 aliphatic rings. The van der Waals surface area contributed by atoms with Gasteiger partial charge in [0.25, 0.3) is 0 Å². The third kappa shape index (κ3) is 2.46. The fourth-order valence-corrected chi connectivity index (χ4v) is 2.50. The smallest absolute Gasteiger partial charge is 0.191 e. The lowest BCUT2D eigenvalue weighted by molar-refractivity contribution is 1.16. The van der Waals surface area contributed by atoms with Gasteiger partial charge in [0, 0.05) is 22.7 Å². The lowest BCUT2D eigenvalue weighted by atomic mass is 10.1. The van der Waals surface area contributed by atoms with Crippen LogP contribution in [0.4, 0.5) is 5.82 Å². The molecule has 0 atom stereocenters. The molecule has 3 rings (SSSR count). The minimum atomic E-state index is 0.455. The molecule has 1 aromatic carbocycles. The van der Waals surface area contributed by atoms with Gasteiger partial charge in [-0.25, -0.2) is 15.0 Å². The third-order valence-electron chi connectivity index (χ3n) is 2.63. The normalized spacial score (nSPS) is 10.6. The predicted octanol–water partition coefficient (Wildman–Crippen LogP) is 3.16. The number of thiazole rings is 1. The Kier molecular flexibility index (Phi) is 2.97. The van der Waals surface area contributed by atoms with Gasteiger partial charge < -0.3 is 5.73 Å². The molecule has 0 saturated carbocycles. The molecule has 0 amide bonds. The van der Waals surface area contributed by atoms with Crippen LogP contribution in [-0.4, -0.2) is 15.0 Å². The van der Waals surface area contributed by atoms with E-state index in [1.807, 2.05) is 42.6 Å². The van der Waals surface area contributed by atoms with Crippen molar-refractivity contribution in [3.8, 4) is 22.1 Å². The minimum absolute atomic E-state index is 0.455. The standard InChI is InChI=1S/C14H12N4S/c1-9-8-19-14(16-9)13-17-11(7-12(15)18-13)10-5-3-2-4-6-10/h2-8H,1H3,(H2,15,17,18). The predicted molar refractivity (Wildman–Crippen MR) is 77.7 cm³/mol. The molecule has 5 heteroatoms. The maximum atomic E-state index is 5.87. The van der Waals surface area contributed by atoms with Gasteiger partial charge in [-0.15, -0.1) is 11.3 Å². The van der Waals surface area contributed by atoms with Crippen molar-refractivity contribution in [2.45, 2.75) is 6.92 Å². The van der Waals surface area contributed by atoms with Crippen molar-refractivity contribution >= 4 is 17.2 Å². The molecule has 0 aliphatic heterocycles. The summed E-state index contributed by atoms with van der Waals surface area (Å²) in [6, 6.07) is 11.7. The molecule has 2 aromatic heterocycles. The van der Waals surface area contributed by atoms with Crippen molar-refractivity contribution in [1.29, 1.82) is 0 Å². The van der Waals surface area contributed by atoms with Gasteiger partial charge in [-0.05, 0) is 6.92 Å². The highest BCUT2D eigenvalue weighted by molar-refractivity contribution is 7.13. The van der Waals surface area contributed by atoms with Gasteiger partial charge in [-0.1, -0.05) is 30.3 Å². The summed E-state index contributed by atoms with van der Waals surface area (Å²) < 4.78 is 0. The number of hydrogen-bond acceptors (Lipinski definition) is 5. The number of aromatic nitrogens is 3. The summed E-state index contributed by atoms with van der Waals surface area (Å²) in [5.41, 5.74) is 8.67. The second kappa shape index (κ2) is 4.78. The Labute approximate surface area is 115 Å². The molecule has 2 N–H and O–H groups in total. The van der Waals surface area contributed by atoms with Gasteiger partial charge in [0.2, 0.25) is 0 Å². The second-order valence-electron chi connectivity index (χ2n) is 4.16. The first-order valence-corrected chi connectivity index (χ1v) is 6.73. The number of rotatable bonds is 2. The second-order valence-corrected chi connectivity index (χ2v) is 5.02. The summed E-state index contributed by atoms with van der Waals surface area (Å²) in [6.07, 6.45) is 0. The van der Waals surface area contributed by atoms with Crippen LogP contribution >= 0.6 is 11.3 Å².